The Bertz CT molecular complexity index is 1220. The van der Waals surface area contributed by atoms with Crippen molar-refractivity contribution in [3.05, 3.63) is 54.6 Å². The summed E-state index contributed by atoms with van der Waals surface area (Å²) in [6.07, 6.45) is 6.30. The first kappa shape index (κ1) is 22.2. The fourth-order valence-electron chi connectivity index (χ4n) is 5.16. The molecule has 5 rings (SSSR count). The Morgan fingerprint density at radius 1 is 0.909 bits per heavy atom. The number of likely N-dealkylation sites (tertiary alicyclic amines) is 1. The van der Waals surface area contributed by atoms with Crippen LogP contribution in [0.15, 0.2) is 59.5 Å². The third-order valence-corrected chi connectivity index (χ3v) is 8.57. The van der Waals surface area contributed by atoms with Crippen molar-refractivity contribution >= 4 is 26.8 Å². The van der Waals surface area contributed by atoms with Crippen molar-refractivity contribution < 1.29 is 13.2 Å². The molecule has 1 saturated heterocycles. The van der Waals surface area contributed by atoms with Crippen molar-refractivity contribution in [2.45, 2.75) is 55.9 Å². The van der Waals surface area contributed by atoms with Crippen molar-refractivity contribution in [3.63, 3.8) is 0 Å². The number of hydrogen-bond donors (Lipinski definition) is 2. The minimum Gasteiger partial charge on any atom is -0.354 e. The van der Waals surface area contributed by atoms with Crippen LogP contribution < -0.4 is 4.72 Å². The van der Waals surface area contributed by atoms with E-state index in [0.29, 0.717) is 12.8 Å². The second-order valence-electron chi connectivity index (χ2n) is 9.35. The van der Waals surface area contributed by atoms with Crippen LogP contribution in [-0.2, 0) is 14.8 Å². The number of aromatic amines is 1. The van der Waals surface area contributed by atoms with Crippen molar-refractivity contribution in [3.8, 4) is 11.3 Å². The number of sulfonamides is 1. The smallest absolute Gasteiger partial charge is 0.240 e. The summed E-state index contributed by atoms with van der Waals surface area (Å²) in [5, 5.41) is 0.976. The zero-order chi connectivity index (χ0) is 22.8. The normalized spacial score (nSPS) is 21.9. The number of rotatable bonds is 5. The zero-order valence-electron chi connectivity index (χ0n) is 18.8. The summed E-state index contributed by atoms with van der Waals surface area (Å²) in [5.41, 5.74) is 2.82. The molecule has 174 valence electrons. The van der Waals surface area contributed by atoms with Gasteiger partial charge in [0.05, 0.1) is 4.90 Å². The van der Waals surface area contributed by atoms with Crippen LogP contribution in [0.1, 0.15) is 44.9 Å². The molecule has 1 aliphatic heterocycles. The van der Waals surface area contributed by atoms with Gasteiger partial charge in [0.1, 0.15) is 0 Å². The Morgan fingerprint density at radius 2 is 1.64 bits per heavy atom. The van der Waals surface area contributed by atoms with Crippen molar-refractivity contribution in [1.82, 2.24) is 14.6 Å². The monoisotopic (exact) mass is 465 g/mol. The molecule has 7 heteroatoms. The summed E-state index contributed by atoms with van der Waals surface area (Å²) in [4.78, 5) is 18.4. The van der Waals surface area contributed by atoms with E-state index in [4.69, 9.17) is 0 Å². The number of fused-ring (bicyclic) bond motifs is 1. The first-order valence-corrected chi connectivity index (χ1v) is 13.5. The van der Waals surface area contributed by atoms with Gasteiger partial charge in [-0.1, -0.05) is 36.4 Å². The summed E-state index contributed by atoms with van der Waals surface area (Å²) < 4.78 is 29.1. The van der Waals surface area contributed by atoms with Crippen LogP contribution in [0.5, 0.6) is 0 Å². The van der Waals surface area contributed by atoms with Gasteiger partial charge in [-0.05, 0) is 68.7 Å². The molecule has 2 aliphatic rings. The van der Waals surface area contributed by atoms with Gasteiger partial charge >= 0.3 is 0 Å². The van der Waals surface area contributed by atoms with Crippen LogP contribution in [0.25, 0.3) is 22.2 Å². The van der Waals surface area contributed by atoms with Crippen LogP contribution in [0, 0.1) is 5.92 Å². The molecular weight excluding hydrogens is 434 g/mol. The molecule has 1 saturated carbocycles. The topological polar surface area (TPSA) is 82.3 Å². The number of piperidine rings is 1. The molecule has 6 nitrogen and oxygen atoms in total. The number of amides is 1. The molecule has 1 aliphatic carbocycles. The molecule has 0 bridgehead atoms. The highest BCUT2D eigenvalue weighted by molar-refractivity contribution is 7.89. The van der Waals surface area contributed by atoms with Gasteiger partial charge in [0, 0.05) is 41.6 Å². The Kier molecular flexibility index (Phi) is 6.25. The van der Waals surface area contributed by atoms with Crippen LogP contribution in [0.3, 0.4) is 0 Å². The first-order chi connectivity index (χ1) is 16.0. The Morgan fingerprint density at radius 3 is 2.36 bits per heavy atom. The second-order valence-corrected chi connectivity index (χ2v) is 11.1. The van der Waals surface area contributed by atoms with Crippen LogP contribution in [-0.4, -0.2) is 43.3 Å². The predicted octanol–water partition coefficient (Wildman–Crippen LogP) is 4.68. The quantitative estimate of drug-likeness (QED) is 0.574. The Balaban J connectivity index is 1.24. The summed E-state index contributed by atoms with van der Waals surface area (Å²) in [7, 11) is -3.63. The van der Waals surface area contributed by atoms with Crippen LogP contribution >= 0.6 is 0 Å². The van der Waals surface area contributed by atoms with Gasteiger partial charge in [-0.15, -0.1) is 0 Å². The minimum absolute atomic E-state index is 0.0375. The Labute approximate surface area is 195 Å². The standard InChI is InChI=1S/C26H31N3O3S/c30-26(29-15-5-2-6-16-29)20-9-12-22(13-10-20)28-33(31,32)23-14-11-21-17-24(27-25(21)18-23)19-7-3-1-4-8-19/h1,3-4,7-8,11,14,17-18,20,22,27-28H,2,5-6,9-10,12-13,15-16H2. The van der Waals surface area contributed by atoms with E-state index in [0.717, 1.165) is 60.9 Å². The van der Waals surface area contributed by atoms with E-state index in [2.05, 4.69) is 9.71 Å². The molecule has 0 spiro atoms. The average Bonchev–Trinajstić information content (AvgIpc) is 3.29. The van der Waals surface area contributed by atoms with Crippen molar-refractivity contribution in [2.24, 2.45) is 5.92 Å². The number of benzene rings is 2. The van der Waals surface area contributed by atoms with E-state index in [1.165, 1.54) is 6.42 Å². The highest BCUT2D eigenvalue weighted by Gasteiger charge is 2.31. The third kappa shape index (κ3) is 4.84. The number of carbonyl (C=O) groups is 1. The van der Waals surface area contributed by atoms with Crippen molar-refractivity contribution in [2.75, 3.05) is 13.1 Å². The largest absolute Gasteiger partial charge is 0.354 e. The lowest BCUT2D eigenvalue weighted by atomic mass is 9.85. The molecule has 0 radical (unpaired) electrons. The second kappa shape index (κ2) is 9.31. The van der Waals surface area contributed by atoms with Gasteiger partial charge in [-0.3, -0.25) is 4.79 Å². The number of H-pyrrole nitrogens is 1. The van der Waals surface area contributed by atoms with E-state index in [1.807, 2.05) is 47.4 Å². The van der Waals surface area contributed by atoms with Gasteiger partial charge in [0.25, 0.3) is 0 Å². The summed E-state index contributed by atoms with van der Waals surface area (Å²) in [6, 6.07) is 17.1. The number of nitrogens with zero attached hydrogens (tertiary/aromatic N) is 1. The predicted molar refractivity (Wildman–Crippen MR) is 130 cm³/mol. The number of hydrogen-bond acceptors (Lipinski definition) is 3. The lowest BCUT2D eigenvalue weighted by molar-refractivity contribution is -0.137. The molecule has 1 amide bonds. The third-order valence-electron chi connectivity index (χ3n) is 7.06. The SMILES string of the molecule is O=C(C1CCC(NS(=O)(=O)c2ccc3cc(-c4ccccc4)[nH]c3c2)CC1)N1CCCCC1. The van der Waals surface area contributed by atoms with Gasteiger partial charge < -0.3 is 9.88 Å². The maximum atomic E-state index is 13.1. The number of aromatic nitrogens is 1. The molecule has 0 atom stereocenters. The van der Waals surface area contributed by atoms with E-state index < -0.39 is 10.0 Å². The van der Waals surface area contributed by atoms with Crippen LogP contribution in [0.2, 0.25) is 0 Å². The molecule has 3 aromatic rings. The maximum Gasteiger partial charge on any atom is 0.240 e. The maximum absolute atomic E-state index is 13.1. The number of carbonyl (C=O) groups excluding carboxylic acids is 1. The molecule has 1 aromatic heterocycles. The molecule has 2 fully saturated rings. The molecule has 2 heterocycles. The van der Waals surface area contributed by atoms with Crippen LogP contribution in [0.4, 0.5) is 0 Å². The van der Waals surface area contributed by atoms with E-state index in [9.17, 15) is 13.2 Å². The van der Waals surface area contributed by atoms with E-state index in [1.54, 1.807) is 12.1 Å². The molecule has 2 N–H and O–H groups in total. The van der Waals surface area contributed by atoms with E-state index >= 15 is 0 Å². The van der Waals surface area contributed by atoms with Gasteiger partial charge in [0.15, 0.2) is 0 Å². The van der Waals surface area contributed by atoms with Gasteiger partial charge in [0.2, 0.25) is 15.9 Å². The van der Waals surface area contributed by atoms with Crippen molar-refractivity contribution in [1.29, 1.82) is 0 Å². The molecular formula is C26H31N3O3S. The minimum atomic E-state index is -3.63. The van der Waals surface area contributed by atoms with Gasteiger partial charge in [-0.2, -0.15) is 0 Å². The van der Waals surface area contributed by atoms with E-state index in [-0.39, 0.29) is 22.8 Å². The fourth-order valence-corrected chi connectivity index (χ4v) is 6.50. The number of nitrogens with one attached hydrogen (secondary N) is 2. The van der Waals surface area contributed by atoms with Gasteiger partial charge in [-0.25, -0.2) is 13.1 Å². The lowest BCUT2D eigenvalue weighted by Crippen LogP contribution is -2.43. The molecule has 33 heavy (non-hydrogen) atoms. The average molecular weight is 466 g/mol. The Hall–Kier alpha value is -2.64. The lowest BCUT2D eigenvalue weighted by Gasteiger charge is -2.34. The first-order valence-electron chi connectivity index (χ1n) is 12.0. The zero-order valence-corrected chi connectivity index (χ0v) is 19.6. The fraction of sp³-hybridized carbons (Fsp3) is 0.423. The molecule has 2 aromatic carbocycles. The summed E-state index contributed by atoms with van der Waals surface area (Å²) in [5.74, 6) is 0.304. The summed E-state index contributed by atoms with van der Waals surface area (Å²) in [6.45, 7) is 1.75. The summed E-state index contributed by atoms with van der Waals surface area (Å²) >= 11 is 0. The highest BCUT2D eigenvalue weighted by Crippen LogP contribution is 2.29. The highest BCUT2D eigenvalue weighted by atomic mass is 32.2. The molecule has 0 unspecified atom stereocenters.